The summed E-state index contributed by atoms with van der Waals surface area (Å²) < 4.78 is 0. The van der Waals surface area contributed by atoms with Crippen LogP contribution in [0.1, 0.15) is 20.8 Å². The summed E-state index contributed by atoms with van der Waals surface area (Å²) in [7, 11) is 0. The molecule has 0 aromatic rings. The van der Waals surface area contributed by atoms with Crippen molar-refractivity contribution in [1.82, 2.24) is 0 Å². The molecule has 16 heavy (non-hydrogen) atoms. The second-order valence-electron chi connectivity index (χ2n) is 3.42. The monoisotopic (exact) mass is 236 g/mol. The van der Waals surface area contributed by atoms with E-state index in [2.05, 4.69) is 0 Å². The van der Waals surface area contributed by atoms with Crippen molar-refractivity contribution >= 4 is 5.97 Å². The van der Waals surface area contributed by atoms with E-state index in [0.29, 0.717) is 0 Å². The van der Waals surface area contributed by atoms with Crippen molar-refractivity contribution in [2.24, 2.45) is 0 Å². The highest BCUT2D eigenvalue weighted by atomic mass is 16.4. The lowest BCUT2D eigenvalue weighted by Crippen LogP contribution is -2.20. The zero-order valence-electron chi connectivity index (χ0n) is 9.66. The molecule has 0 rings (SSSR count). The van der Waals surface area contributed by atoms with Crippen LogP contribution in [0, 0.1) is 0 Å². The molecular weight excluding hydrogens is 216 g/mol. The number of hydrogen-bond acceptors (Lipinski definition) is 5. The van der Waals surface area contributed by atoms with E-state index in [0.717, 1.165) is 6.08 Å². The van der Waals surface area contributed by atoms with Gasteiger partial charge in [-0.25, -0.2) is 4.79 Å². The summed E-state index contributed by atoms with van der Waals surface area (Å²) in [6.07, 6.45) is -1.50. The molecule has 0 aromatic heterocycles. The Bertz CT molecular complexity index is 221. The molecule has 0 amide bonds. The second-order valence-corrected chi connectivity index (χ2v) is 3.42. The molecule has 3 atom stereocenters. The number of aliphatic carboxylic acids is 1. The number of carboxylic acid groups (broad SMARTS) is 1. The van der Waals surface area contributed by atoms with E-state index < -0.39 is 24.3 Å². The van der Waals surface area contributed by atoms with Gasteiger partial charge in [0, 0.05) is 5.57 Å². The fourth-order valence-electron chi connectivity index (χ4n) is 0.467. The van der Waals surface area contributed by atoms with Crippen LogP contribution < -0.4 is 0 Å². The van der Waals surface area contributed by atoms with E-state index in [9.17, 15) is 4.79 Å². The number of aliphatic hydroxyl groups is 4. The fourth-order valence-corrected chi connectivity index (χ4v) is 0.467. The zero-order valence-corrected chi connectivity index (χ0v) is 9.66. The SMILES string of the molecule is CC(=CC(O)C(C)O)C(=O)O.CC(O)CO. The third-order valence-electron chi connectivity index (χ3n) is 1.52. The average molecular weight is 236 g/mol. The topological polar surface area (TPSA) is 118 Å². The molecular formula is C10H20O6. The van der Waals surface area contributed by atoms with Crippen LogP contribution in [-0.2, 0) is 4.79 Å². The van der Waals surface area contributed by atoms with Crippen LogP contribution in [-0.4, -0.2) is 56.4 Å². The molecule has 0 saturated heterocycles. The van der Waals surface area contributed by atoms with Crippen molar-refractivity contribution in [2.75, 3.05) is 6.61 Å². The molecule has 0 bridgehead atoms. The van der Waals surface area contributed by atoms with Crippen molar-refractivity contribution in [2.45, 2.75) is 39.1 Å². The molecule has 0 aliphatic rings. The molecule has 6 nitrogen and oxygen atoms in total. The first-order chi connectivity index (χ1) is 7.22. The van der Waals surface area contributed by atoms with E-state index in [-0.39, 0.29) is 12.2 Å². The number of rotatable bonds is 4. The van der Waals surface area contributed by atoms with Crippen LogP contribution >= 0.6 is 0 Å². The fraction of sp³-hybridized carbons (Fsp3) is 0.700. The van der Waals surface area contributed by atoms with Gasteiger partial charge in [0.25, 0.3) is 0 Å². The molecule has 0 radical (unpaired) electrons. The van der Waals surface area contributed by atoms with E-state index in [4.69, 9.17) is 25.5 Å². The molecule has 0 spiro atoms. The van der Waals surface area contributed by atoms with Gasteiger partial charge in [0.05, 0.1) is 24.9 Å². The summed E-state index contributed by atoms with van der Waals surface area (Å²) in [5.41, 5.74) is 0.0263. The van der Waals surface area contributed by atoms with Crippen LogP contribution in [0.4, 0.5) is 0 Å². The normalized spacial score (nSPS) is 16.8. The molecule has 0 aliphatic heterocycles. The highest BCUT2D eigenvalue weighted by Gasteiger charge is 2.09. The van der Waals surface area contributed by atoms with Crippen molar-refractivity contribution in [3.63, 3.8) is 0 Å². The first-order valence-corrected chi connectivity index (χ1v) is 4.79. The van der Waals surface area contributed by atoms with Gasteiger partial charge in [-0.15, -0.1) is 0 Å². The Kier molecular flexibility index (Phi) is 10.1. The summed E-state index contributed by atoms with van der Waals surface area (Å²) >= 11 is 0. The molecule has 0 aliphatic carbocycles. The summed E-state index contributed by atoms with van der Waals surface area (Å²) in [6, 6.07) is 0. The Hall–Kier alpha value is -0.950. The van der Waals surface area contributed by atoms with Gasteiger partial charge in [-0.2, -0.15) is 0 Å². The predicted molar refractivity (Wildman–Crippen MR) is 57.8 cm³/mol. The molecule has 96 valence electrons. The second kappa shape index (κ2) is 9.29. The van der Waals surface area contributed by atoms with Gasteiger partial charge in [0.1, 0.15) is 0 Å². The third-order valence-corrected chi connectivity index (χ3v) is 1.52. The number of aliphatic hydroxyl groups excluding tert-OH is 4. The minimum absolute atomic E-state index is 0.0263. The van der Waals surface area contributed by atoms with Crippen LogP contribution in [0.5, 0.6) is 0 Å². The Morgan fingerprint density at radius 1 is 1.25 bits per heavy atom. The van der Waals surface area contributed by atoms with Crippen LogP contribution in [0.3, 0.4) is 0 Å². The first kappa shape index (κ1) is 17.4. The van der Waals surface area contributed by atoms with Crippen LogP contribution in [0.25, 0.3) is 0 Å². The van der Waals surface area contributed by atoms with Gasteiger partial charge in [0.2, 0.25) is 0 Å². The largest absolute Gasteiger partial charge is 0.478 e. The maximum Gasteiger partial charge on any atom is 0.331 e. The quantitative estimate of drug-likeness (QED) is 0.404. The maximum atomic E-state index is 10.2. The Morgan fingerprint density at radius 3 is 1.81 bits per heavy atom. The summed E-state index contributed by atoms with van der Waals surface area (Å²) in [4.78, 5) is 10.2. The lowest BCUT2D eigenvalue weighted by Gasteiger charge is -2.08. The van der Waals surface area contributed by atoms with Gasteiger partial charge in [-0.3, -0.25) is 0 Å². The van der Waals surface area contributed by atoms with Crippen molar-refractivity contribution in [1.29, 1.82) is 0 Å². The van der Waals surface area contributed by atoms with Gasteiger partial charge in [0.15, 0.2) is 0 Å². The minimum atomic E-state index is -1.11. The number of carboxylic acids is 1. The minimum Gasteiger partial charge on any atom is -0.478 e. The van der Waals surface area contributed by atoms with Crippen molar-refractivity contribution in [3.8, 4) is 0 Å². The smallest absolute Gasteiger partial charge is 0.331 e. The zero-order chi connectivity index (χ0) is 13.3. The van der Waals surface area contributed by atoms with Crippen LogP contribution in [0.15, 0.2) is 11.6 Å². The molecule has 0 saturated carbocycles. The molecule has 5 N–H and O–H groups in total. The molecule has 6 heteroatoms. The molecule has 0 fully saturated rings. The standard InChI is InChI=1S/C7H12O4.C3H8O2/c1-4(7(10)11)3-6(9)5(2)8;1-3(5)2-4/h3,5-6,8-9H,1-2H3,(H,10,11);3-5H,2H2,1H3. The lowest BCUT2D eigenvalue weighted by atomic mass is 10.1. The molecule has 0 aromatic carbocycles. The van der Waals surface area contributed by atoms with Gasteiger partial charge in [-0.05, 0) is 26.8 Å². The molecule has 0 heterocycles. The maximum absolute atomic E-state index is 10.2. The highest BCUT2D eigenvalue weighted by Crippen LogP contribution is 1.99. The van der Waals surface area contributed by atoms with Gasteiger partial charge < -0.3 is 25.5 Å². The number of carbonyl (C=O) groups is 1. The van der Waals surface area contributed by atoms with E-state index in [1.807, 2.05) is 0 Å². The molecule has 3 unspecified atom stereocenters. The van der Waals surface area contributed by atoms with Crippen molar-refractivity contribution < 1.29 is 30.3 Å². The van der Waals surface area contributed by atoms with Gasteiger partial charge >= 0.3 is 5.97 Å². The summed E-state index contributed by atoms with van der Waals surface area (Å²) in [5, 5.41) is 42.1. The van der Waals surface area contributed by atoms with Gasteiger partial charge in [-0.1, -0.05) is 0 Å². The summed E-state index contributed by atoms with van der Waals surface area (Å²) in [6.45, 7) is 4.13. The Morgan fingerprint density at radius 2 is 1.62 bits per heavy atom. The van der Waals surface area contributed by atoms with E-state index in [1.165, 1.54) is 20.8 Å². The van der Waals surface area contributed by atoms with Crippen LogP contribution in [0.2, 0.25) is 0 Å². The Balaban J connectivity index is 0. The number of hydrogen-bond donors (Lipinski definition) is 5. The van der Waals surface area contributed by atoms with Crippen molar-refractivity contribution in [3.05, 3.63) is 11.6 Å². The summed E-state index contributed by atoms with van der Waals surface area (Å²) in [5.74, 6) is -1.09. The average Bonchev–Trinajstić information content (AvgIpc) is 2.18. The highest BCUT2D eigenvalue weighted by molar-refractivity contribution is 5.85. The van der Waals surface area contributed by atoms with E-state index in [1.54, 1.807) is 0 Å². The predicted octanol–water partition coefficient (Wildman–Crippen LogP) is -0.881. The Labute approximate surface area is 94.5 Å². The first-order valence-electron chi connectivity index (χ1n) is 4.79. The van der Waals surface area contributed by atoms with E-state index >= 15 is 0 Å². The lowest BCUT2D eigenvalue weighted by molar-refractivity contribution is -0.132. The third kappa shape index (κ3) is 11.1.